The van der Waals surface area contributed by atoms with Crippen LogP contribution in [0.3, 0.4) is 0 Å². The van der Waals surface area contributed by atoms with Gasteiger partial charge in [-0.1, -0.05) is 0 Å². The topological polar surface area (TPSA) is 400 Å². The van der Waals surface area contributed by atoms with Crippen molar-refractivity contribution in [2.24, 2.45) is 0 Å². The van der Waals surface area contributed by atoms with Crippen LogP contribution in [0.5, 0.6) is 0 Å². The lowest BCUT2D eigenvalue weighted by molar-refractivity contribution is -0.368. The van der Waals surface area contributed by atoms with E-state index >= 15 is 0 Å². The molecule has 1 unspecified atom stereocenters. The van der Waals surface area contributed by atoms with E-state index in [0.717, 1.165) is 13.8 Å². The van der Waals surface area contributed by atoms with Gasteiger partial charge in [0, 0.05) is 13.8 Å². The van der Waals surface area contributed by atoms with Gasteiger partial charge in [0.1, 0.15) is 85.3 Å². The number of aliphatic hydroxyl groups excluding tert-OH is 10. The van der Waals surface area contributed by atoms with Gasteiger partial charge < -0.3 is 105 Å². The fourth-order valence-electron chi connectivity index (χ4n) is 6.30. The van der Waals surface area contributed by atoms with Crippen LogP contribution in [0.15, 0.2) is 0 Å². The van der Waals surface area contributed by atoms with Crippen molar-refractivity contribution in [3.05, 3.63) is 0 Å². The van der Waals surface area contributed by atoms with Gasteiger partial charge in [-0.2, -0.15) is 0 Å². The molecular weight excluding hydrogens is 732 g/mol. The first-order valence-corrected chi connectivity index (χ1v) is 16.1. The van der Waals surface area contributed by atoms with Gasteiger partial charge in [-0.15, -0.1) is 0 Å². The van der Waals surface area contributed by atoms with Gasteiger partial charge in [-0.25, -0.2) is 9.59 Å². The monoisotopic (exact) mass is 776 g/mol. The van der Waals surface area contributed by atoms with E-state index < -0.39 is 160 Å². The fourth-order valence-corrected chi connectivity index (χ4v) is 6.30. The maximum absolute atomic E-state index is 12.5. The number of carboxylic acids is 2. The van der Waals surface area contributed by atoms with E-state index in [-0.39, 0.29) is 0 Å². The van der Waals surface area contributed by atoms with Crippen LogP contribution >= 0.6 is 0 Å². The molecule has 25 heteroatoms. The predicted octanol–water partition coefficient (Wildman–Crippen LogP) is -9.28. The Balaban J connectivity index is 1.62. The number of aliphatic hydroxyl groups is 10. The Kier molecular flexibility index (Phi) is 14.4. The van der Waals surface area contributed by atoms with E-state index in [1.807, 2.05) is 0 Å². The molecule has 0 aromatic rings. The zero-order valence-corrected chi connectivity index (χ0v) is 27.8. The van der Waals surface area contributed by atoms with Crippen molar-refractivity contribution in [3.63, 3.8) is 0 Å². The second kappa shape index (κ2) is 17.8. The molecule has 4 aliphatic rings. The number of ether oxygens (including phenoxy) is 7. The molecule has 0 aromatic carbocycles. The van der Waals surface area contributed by atoms with E-state index in [4.69, 9.17) is 33.2 Å². The van der Waals surface area contributed by atoms with Crippen LogP contribution in [0.2, 0.25) is 0 Å². The van der Waals surface area contributed by atoms with Gasteiger partial charge in [0.15, 0.2) is 37.4 Å². The number of carboxylic acid groups (broad SMARTS) is 2. The number of hydrogen-bond acceptors (Lipinski definition) is 21. The average Bonchev–Trinajstić information content (AvgIpc) is 3.08. The zero-order chi connectivity index (χ0) is 39.6. The third-order valence-corrected chi connectivity index (χ3v) is 8.94. The molecule has 25 nitrogen and oxygen atoms in total. The third kappa shape index (κ3) is 9.19. The number of carbonyl (C=O) groups excluding carboxylic acids is 2. The molecule has 0 spiro atoms. The Morgan fingerprint density at radius 1 is 0.509 bits per heavy atom. The van der Waals surface area contributed by atoms with Crippen molar-refractivity contribution in [1.82, 2.24) is 10.6 Å². The quantitative estimate of drug-likeness (QED) is 0.0875. The largest absolute Gasteiger partial charge is 0.479 e. The molecule has 20 atom stereocenters. The number of rotatable bonds is 12. The van der Waals surface area contributed by atoms with Crippen molar-refractivity contribution >= 4 is 23.8 Å². The Bertz CT molecular complexity index is 1300. The zero-order valence-electron chi connectivity index (χ0n) is 27.8. The molecule has 4 rings (SSSR count). The maximum atomic E-state index is 12.5. The standard InChI is InChI=1S/C28H44N2O23/c1-5(33)29-9-18(11(35)7(3-31)47-25(9)46)49-28-17(41)15(39)20(22(53-28)24(44)45)51-26-10(30-6(2)34)19(12(36)8(4-32)48-26)50-27-16(40)13(37)14(38)21(52-27)23(42)43/h7-22,25-28,31-32,35-41,46H,3-4H2,1-2H3,(H,29,33)(H,30,34)(H,42,43)(H,44,45)/t7-,8-,9-,10-,11+,12+,13-,14-,15+,16-,17-,18+,19+,20-,21+,22+,25?,26-,27+,28+/m1/s1. The summed E-state index contributed by atoms with van der Waals surface area (Å²) in [6.45, 7) is 0.116. The lowest BCUT2D eigenvalue weighted by atomic mass is 9.94. The number of aliphatic carboxylic acids is 2. The predicted molar refractivity (Wildman–Crippen MR) is 158 cm³/mol. The van der Waals surface area contributed by atoms with Gasteiger partial charge in [0.05, 0.1) is 13.2 Å². The summed E-state index contributed by atoms with van der Waals surface area (Å²) in [5, 5.41) is 129. The van der Waals surface area contributed by atoms with E-state index in [2.05, 4.69) is 10.6 Å². The molecular formula is C28H44N2O23. The van der Waals surface area contributed by atoms with E-state index in [1.165, 1.54) is 0 Å². The molecule has 14 N–H and O–H groups in total. The van der Waals surface area contributed by atoms with Crippen LogP contribution < -0.4 is 10.6 Å². The van der Waals surface area contributed by atoms with Crippen LogP contribution in [-0.2, 0) is 52.3 Å². The highest BCUT2D eigenvalue weighted by Gasteiger charge is 2.57. The third-order valence-electron chi connectivity index (χ3n) is 8.94. The van der Waals surface area contributed by atoms with Crippen LogP contribution in [0.25, 0.3) is 0 Å². The molecule has 0 saturated carbocycles. The first-order valence-electron chi connectivity index (χ1n) is 16.1. The first kappa shape index (κ1) is 42.9. The average molecular weight is 777 g/mol. The highest BCUT2D eigenvalue weighted by atomic mass is 16.8. The van der Waals surface area contributed by atoms with Gasteiger partial charge in [-0.05, 0) is 0 Å². The molecule has 4 heterocycles. The Hall–Kier alpha value is -2.80. The molecule has 0 bridgehead atoms. The van der Waals surface area contributed by atoms with Gasteiger partial charge in [0.25, 0.3) is 0 Å². The Morgan fingerprint density at radius 2 is 0.943 bits per heavy atom. The molecule has 0 radical (unpaired) electrons. The van der Waals surface area contributed by atoms with E-state index in [0.29, 0.717) is 0 Å². The summed E-state index contributed by atoms with van der Waals surface area (Å²) in [6, 6.07) is -3.38. The van der Waals surface area contributed by atoms with Gasteiger partial charge >= 0.3 is 11.9 Å². The molecule has 2 amide bonds. The summed E-state index contributed by atoms with van der Waals surface area (Å²) in [7, 11) is 0. The van der Waals surface area contributed by atoms with Crippen molar-refractivity contribution in [2.75, 3.05) is 13.2 Å². The second-order valence-electron chi connectivity index (χ2n) is 12.7. The van der Waals surface area contributed by atoms with Crippen LogP contribution in [-0.4, -0.2) is 221 Å². The Morgan fingerprint density at radius 3 is 1.43 bits per heavy atom. The van der Waals surface area contributed by atoms with Crippen molar-refractivity contribution in [1.29, 1.82) is 0 Å². The first-order chi connectivity index (χ1) is 24.8. The molecule has 4 aliphatic heterocycles. The summed E-state index contributed by atoms with van der Waals surface area (Å²) in [5.41, 5.74) is 0. The van der Waals surface area contributed by atoms with Crippen molar-refractivity contribution < 1.29 is 114 Å². The van der Waals surface area contributed by atoms with Crippen LogP contribution in [0, 0.1) is 0 Å². The molecule has 0 aromatic heterocycles. The molecule has 53 heavy (non-hydrogen) atoms. The number of nitrogens with one attached hydrogen (secondary N) is 2. The summed E-state index contributed by atoms with van der Waals surface area (Å²) < 4.78 is 38.0. The van der Waals surface area contributed by atoms with Gasteiger partial charge in [0.2, 0.25) is 11.8 Å². The number of carbonyl (C=O) groups is 4. The SMILES string of the molecule is CC(=O)N[C@H]1[C@@H](O[C@@H]2[C@@H](O)[C@@H](O)[C@@H](O[C@@H]3[C@@H](O)[C@@H](CO)OC(O)[C@@H]3NC(C)=O)O[C@@H]2C(=O)O)O[C@H](CO)[C@H](O)[C@H]1O[C@H]1O[C@H](C(=O)O)[C@H](O)[C@@H](O)[C@H]1O. The number of hydrogen-bond donors (Lipinski definition) is 14. The fraction of sp³-hybridized carbons (Fsp3) is 0.857. The molecule has 4 saturated heterocycles. The summed E-state index contributed by atoms with van der Waals surface area (Å²) in [6.07, 6.45) is -36.5. The molecule has 0 aliphatic carbocycles. The van der Waals surface area contributed by atoms with E-state index in [9.17, 15) is 80.5 Å². The molecule has 4 fully saturated rings. The maximum Gasteiger partial charge on any atom is 0.335 e. The number of amides is 2. The minimum atomic E-state index is -2.30. The summed E-state index contributed by atoms with van der Waals surface area (Å²) in [4.78, 5) is 48.2. The lowest BCUT2D eigenvalue weighted by Crippen LogP contribution is -2.70. The summed E-state index contributed by atoms with van der Waals surface area (Å²) in [5.74, 6) is -5.28. The van der Waals surface area contributed by atoms with Crippen molar-refractivity contribution in [2.45, 2.75) is 137 Å². The van der Waals surface area contributed by atoms with Crippen LogP contribution in [0.4, 0.5) is 0 Å². The second-order valence-corrected chi connectivity index (χ2v) is 12.7. The highest BCUT2D eigenvalue weighted by Crippen LogP contribution is 2.34. The highest BCUT2D eigenvalue weighted by molar-refractivity contribution is 5.74. The molecule has 304 valence electrons. The lowest BCUT2D eigenvalue weighted by Gasteiger charge is -2.49. The minimum absolute atomic E-state index is 0.752. The smallest absolute Gasteiger partial charge is 0.335 e. The summed E-state index contributed by atoms with van der Waals surface area (Å²) >= 11 is 0. The normalized spacial score (nSPS) is 46.3. The Labute approximate surface area is 298 Å². The van der Waals surface area contributed by atoms with E-state index in [1.54, 1.807) is 0 Å². The van der Waals surface area contributed by atoms with Crippen molar-refractivity contribution in [3.8, 4) is 0 Å². The van der Waals surface area contributed by atoms with Gasteiger partial charge in [-0.3, -0.25) is 9.59 Å². The minimum Gasteiger partial charge on any atom is -0.479 e. The van der Waals surface area contributed by atoms with Crippen LogP contribution in [0.1, 0.15) is 13.8 Å².